The third kappa shape index (κ3) is 7.85. The lowest BCUT2D eigenvalue weighted by atomic mass is 9.83. The Balaban J connectivity index is 1.20. The number of esters is 1. The van der Waals surface area contributed by atoms with Crippen molar-refractivity contribution in [3.63, 3.8) is 0 Å². The van der Waals surface area contributed by atoms with Crippen LogP contribution in [0.5, 0.6) is 17.2 Å². The van der Waals surface area contributed by atoms with E-state index >= 15 is 0 Å². The van der Waals surface area contributed by atoms with Crippen LogP contribution >= 0.6 is 0 Å². The fourth-order valence-electron chi connectivity index (χ4n) is 7.27. The van der Waals surface area contributed by atoms with Crippen LogP contribution in [-0.4, -0.2) is 45.5 Å². The molecule has 1 amide bonds. The average Bonchev–Trinajstić information content (AvgIpc) is 3.58. The van der Waals surface area contributed by atoms with E-state index in [2.05, 4.69) is 28.3 Å². The first-order chi connectivity index (χ1) is 27.4. The second-order valence-corrected chi connectivity index (χ2v) is 13.4. The van der Waals surface area contributed by atoms with E-state index in [0.717, 1.165) is 33.4 Å². The first-order valence-corrected chi connectivity index (χ1v) is 18.4. The second kappa shape index (κ2) is 17.3. The van der Waals surface area contributed by atoms with Gasteiger partial charge in [0.1, 0.15) is 23.9 Å². The molecular weight excluding hydrogens is 705 g/mol. The molecule has 284 valence electrons. The molecule has 1 aliphatic carbocycles. The quantitative estimate of drug-likeness (QED) is 0.0373. The second-order valence-electron chi connectivity index (χ2n) is 13.4. The molecule has 1 aliphatic rings. The average molecular weight is 749 g/mol. The van der Waals surface area contributed by atoms with Crippen LogP contribution < -0.4 is 36.1 Å². The van der Waals surface area contributed by atoms with Crippen molar-refractivity contribution in [2.45, 2.75) is 23.6 Å². The molecule has 0 heterocycles. The number of rotatable bonds is 16. The maximum absolute atomic E-state index is 14.8. The zero-order valence-electron chi connectivity index (χ0n) is 31.2. The van der Waals surface area contributed by atoms with Gasteiger partial charge in [0.15, 0.2) is 5.54 Å². The van der Waals surface area contributed by atoms with E-state index in [-0.39, 0.29) is 36.5 Å². The van der Waals surface area contributed by atoms with E-state index in [1.807, 2.05) is 103 Å². The van der Waals surface area contributed by atoms with Gasteiger partial charge in [-0.1, -0.05) is 127 Å². The SMILES string of the molecule is COc1ccc(C(N)(C(=O)OCC2c3ccccc3-c3ccccc32)C(Oc2ccccc2)C(=O)NNCNC(c2ccccc2)c2ccccc2)c(OC)c1. The Bertz CT molecular complexity index is 2170. The number of fused-ring (bicyclic) bond motifs is 3. The molecule has 0 bridgehead atoms. The highest BCUT2D eigenvalue weighted by molar-refractivity contribution is 5.94. The van der Waals surface area contributed by atoms with E-state index in [0.29, 0.717) is 11.5 Å². The number of methoxy groups -OCH3 is 2. The molecular formula is C46H44N4O6. The van der Waals surface area contributed by atoms with Crippen LogP contribution in [0.25, 0.3) is 11.1 Å². The normalized spacial score (nSPS) is 13.5. The Labute approximate surface area is 326 Å². The van der Waals surface area contributed by atoms with Gasteiger partial charge in [-0.05, 0) is 57.6 Å². The number of nitrogens with one attached hydrogen (secondary N) is 3. The standard InChI is InChI=1S/C46H44N4O6/c1-53-34-26-27-40(41(28-34)54-2)46(47,45(52)55-29-39-37-24-14-12-22-35(37)36-23-13-15-25-38(36)39)43(56-33-20-10-5-11-21-33)44(51)50-49-30-48-42(31-16-6-3-7-17-31)32-18-8-4-9-19-32/h3-28,39,42-43,48-49H,29-30,47H2,1-2H3,(H,50,51). The van der Waals surface area contributed by atoms with Crippen LogP contribution in [0.4, 0.5) is 0 Å². The van der Waals surface area contributed by atoms with Gasteiger partial charge in [0.2, 0.25) is 6.10 Å². The summed E-state index contributed by atoms with van der Waals surface area (Å²) in [5.41, 5.74) is 17.2. The Morgan fingerprint density at radius 1 is 0.679 bits per heavy atom. The maximum atomic E-state index is 14.8. The summed E-state index contributed by atoms with van der Waals surface area (Å²) < 4.78 is 23.8. The Kier molecular flexibility index (Phi) is 11.7. The fraction of sp³-hybridized carbons (Fsp3) is 0.174. The predicted octanol–water partition coefficient (Wildman–Crippen LogP) is 6.62. The molecule has 0 radical (unpaired) electrons. The maximum Gasteiger partial charge on any atom is 0.335 e. The van der Waals surface area contributed by atoms with Crippen LogP contribution in [0, 0.1) is 0 Å². The number of benzene rings is 6. The minimum absolute atomic E-state index is 0.0352. The molecule has 10 nitrogen and oxygen atoms in total. The lowest BCUT2D eigenvalue weighted by molar-refractivity contribution is -0.159. The van der Waals surface area contributed by atoms with Crippen LogP contribution in [0.1, 0.15) is 39.8 Å². The Hall–Kier alpha value is -6.46. The molecule has 56 heavy (non-hydrogen) atoms. The van der Waals surface area contributed by atoms with E-state index in [4.69, 9.17) is 24.7 Å². The largest absolute Gasteiger partial charge is 0.497 e. The van der Waals surface area contributed by atoms with Crippen molar-refractivity contribution in [2.24, 2.45) is 5.73 Å². The van der Waals surface area contributed by atoms with Gasteiger partial charge in [-0.2, -0.15) is 0 Å². The van der Waals surface area contributed by atoms with E-state index < -0.39 is 23.5 Å². The van der Waals surface area contributed by atoms with Crippen LogP contribution in [-0.2, 0) is 19.9 Å². The molecule has 10 heteroatoms. The molecule has 7 rings (SSSR count). The number of amides is 1. The van der Waals surface area contributed by atoms with Gasteiger partial charge in [-0.15, -0.1) is 0 Å². The molecule has 0 spiro atoms. The van der Waals surface area contributed by atoms with E-state index in [9.17, 15) is 9.59 Å². The molecule has 6 aromatic carbocycles. The summed E-state index contributed by atoms with van der Waals surface area (Å²) in [5.74, 6) is -0.883. The lowest BCUT2D eigenvalue weighted by Gasteiger charge is -2.36. The van der Waals surface area contributed by atoms with Crippen molar-refractivity contribution >= 4 is 11.9 Å². The lowest BCUT2D eigenvalue weighted by Crippen LogP contribution is -2.64. The van der Waals surface area contributed by atoms with Gasteiger partial charge in [0.25, 0.3) is 5.91 Å². The summed E-state index contributed by atoms with van der Waals surface area (Å²) >= 11 is 0. The molecule has 0 aliphatic heterocycles. The molecule has 0 fully saturated rings. The third-order valence-electron chi connectivity index (χ3n) is 10.1. The summed E-state index contributed by atoms with van der Waals surface area (Å²) in [6, 6.07) is 49.4. The number of ether oxygens (including phenoxy) is 4. The highest BCUT2D eigenvalue weighted by atomic mass is 16.5. The highest BCUT2D eigenvalue weighted by Gasteiger charge is 2.53. The summed E-state index contributed by atoms with van der Waals surface area (Å²) in [4.78, 5) is 29.3. The van der Waals surface area contributed by atoms with Crippen molar-refractivity contribution in [1.82, 2.24) is 16.2 Å². The fourth-order valence-corrected chi connectivity index (χ4v) is 7.27. The number of nitrogens with two attached hydrogens (primary N) is 1. The zero-order valence-corrected chi connectivity index (χ0v) is 31.2. The van der Waals surface area contributed by atoms with Crippen molar-refractivity contribution in [3.8, 4) is 28.4 Å². The van der Waals surface area contributed by atoms with Gasteiger partial charge in [0, 0.05) is 17.5 Å². The van der Waals surface area contributed by atoms with Crippen molar-refractivity contribution in [2.75, 3.05) is 27.5 Å². The number of hydrogen-bond donors (Lipinski definition) is 4. The van der Waals surface area contributed by atoms with Gasteiger partial charge in [-0.25, -0.2) is 10.2 Å². The van der Waals surface area contributed by atoms with Gasteiger partial charge in [0.05, 0.1) is 26.9 Å². The van der Waals surface area contributed by atoms with E-state index in [1.54, 1.807) is 42.5 Å². The molecule has 5 N–H and O–H groups in total. The molecule has 0 saturated carbocycles. The minimum Gasteiger partial charge on any atom is -0.497 e. The van der Waals surface area contributed by atoms with Crippen LogP contribution in [0.15, 0.2) is 158 Å². The number of hydrogen-bond acceptors (Lipinski definition) is 9. The predicted molar refractivity (Wildman–Crippen MR) is 215 cm³/mol. The van der Waals surface area contributed by atoms with Crippen molar-refractivity contribution in [1.29, 1.82) is 0 Å². The van der Waals surface area contributed by atoms with Crippen molar-refractivity contribution in [3.05, 3.63) is 186 Å². The van der Waals surface area contributed by atoms with Gasteiger partial charge >= 0.3 is 5.97 Å². The van der Waals surface area contributed by atoms with Gasteiger partial charge < -0.3 is 24.7 Å². The first-order valence-electron chi connectivity index (χ1n) is 18.4. The van der Waals surface area contributed by atoms with Gasteiger partial charge in [-0.3, -0.25) is 15.5 Å². The summed E-state index contributed by atoms with van der Waals surface area (Å²) in [6.45, 7) is 0.110. The summed E-state index contributed by atoms with van der Waals surface area (Å²) in [7, 11) is 2.97. The third-order valence-corrected chi connectivity index (χ3v) is 10.1. The monoisotopic (exact) mass is 748 g/mol. The number of carbonyl (C=O) groups excluding carboxylic acids is 2. The Morgan fingerprint density at radius 3 is 1.80 bits per heavy atom. The summed E-state index contributed by atoms with van der Waals surface area (Å²) in [5, 5.41) is 3.46. The summed E-state index contributed by atoms with van der Waals surface area (Å²) in [6.07, 6.45) is -1.66. The smallest absolute Gasteiger partial charge is 0.335 e. The van der Waals surface area contributed by atoms with Crippen LogP contribution in [0.3, 0.4) is 0 Å². The van der Waals surface area contributed by atoms with E-state index in [1.165, 1.54) is 14.2 Å². The highest BCUT2D eigenvalue weighted by Crippen LogP contribution is 2.45. The number of hydrazine groups is 1. The molecule has 0 aromatic heterocycles. The molecule has 2 unspecified atom stereocenters. The number of para-hydroxylation sites is 1. The first kappa shape index (κ1) is 37.8. The zero-order chi connectivity index (χ0) is 38.9. The molecule has 0 saturated heterocycles. The van der Waals surface area contributed by atoms with Crippen LogP contribution in [0.2, 0.25) is 0 Å². The molecule has 6 aromatic rings. The Morgan fingerprint density at radius 2 is 1.23 bits per heavy atom. The number of carbonyl (C=O) groups is 2. The topological polar surface area (TPSA) is 133 Å². The minimum atomic E-state index is -2.24. The molecule has 2 atom stereocenters. The van der Waals surface area contributed by atoms with Crippen molar-refractivity contribution < 1.29 is 28.5 Å².